The molecule has 1 rings (SSSR count). The molecule has 19 heavy (non-hydrogen) atoms. The summed E-state index contributed by atoms with van der Waals surface area (Å²) >= 11 is 0. The van der Waals surface area contributed by atoms with E-state index in [2.05, 4.69) is 15.6 Å². The van der Waals surface area contributed by atoms with Crippen molar-refractivity contribution in [3.05, 3.63) is 24.0 Å². The predicted octanol–water partition coefficient (Wildman–Crippen LogP) is 2.31. The number of aromatic nitrogens is 1. The molecule has 1 heterocycles. The number of hydrogen-bond acceptors (Lipinski definition) is 3. The molecule has 2 atom stereocenters. The standard InChI is InChI=1S/C14H23N3O2/c1-5-10(2)14(4,19)9-16-13(18)17-12-6-7-15-11(3)8-12/h6-8,10,19H,5,9H2,1-4H3,(H2,15,16,17,18). The number of rotatable bonds is 5. The normalized spacial score (nSPS) is 15.4. The van der Waals surface area contributed by atoms with Crippen LogP contribution in [0.4, 0.5) is 10.5 Å². The first-order chi connectivity index (χ1) is 8.85. The lowest BCUT2D eigenvalue weighted by Crippen LogP contribution is -2.46. The summed E-state index contributed by atoms with van der Waals surface area (Å²) in [4.78, 5) is 15.8. The first-order valence-electron chi connectivity index (χ1n) is 6.55. The molecule has 5 nitrogen and oxygen atoms in total. The molecule has 0 aliphatic carbocycles. The Labute approximate surface area is 114 Å². The van der Waals surface area contributed by atoms with Gasteiger partial charge in [-0.25, -0.2) is 4.79 Å². The van der Waals surface area contributed by atoms with Crippen LogP contribution in [-0.4, -0.2) is 28.3 Å². The quantitative estimate of drug-likeness (QED) is 0.764. The molecule has 106 valence electrons. The molecule has 0 aliphatic heterocycles. The Morgan fingerprint density at radius 1 is 1.58 bits per heavy atom. The summed E-state index contributed by atoms with van der Waals surface area (Å²) in [7, 11) is 0. The smallest absolute Gasteiger partial charge is 0.319 e. The zero-order valence-corrected chi connectivity index (χ0v) is 12.0. The Morgan fingerprint density at radius 2 is 2.26 bits per heavy atom. The van der Waals surface area contributed by atoms with Crippen LogP contribution in [-0.2, 0) is 0 Å². The van der Waals surface area contributed by atoms with Gasteiger partial charge in [-0.15, -0.1) is 0 Å². The first kappa shape index (κ1) is 15.4. The van der Waals surface area contributed by atoms with Crippen molar-refractivity contribution in [2.75, 3.05) is 11.9 Å². The molecule has 0 saturated carbocycles. The maximum absolute atomic E-state index is 11.7. The lowest BCUT2D eigenvalue weighted by molar-refractivity contribution is 0.00827. The zero-order valence-electron chi connectivity index (χ0n) is 12.0. The topological polar surface area (TPSA) is 74.2 Å². The molecule has 5 heteroatoms. The van der Waals surface area contributed by atoms with Gasteiger partial charge in [0.2, 0.25) is 0 Å². The molecule has 0 aromatic carbocycles. The lowest BCUT2D eigenvalue weighted by Gasteiger charge is -2.29. The minimum absolute atomic E-state index is 0.121. The molecule has 0 bridgehead atoms. The highest BCUT2D eigenvalue weighted by Gasteiger charge is 2.27. The summed E-state index contributed by atoms with van der Waals surface area (Å²) < 4.78 is 0. The Hall–Kier alpha value is -1.62. The first-order valence-corrected chi connectivity index (χ1v) is 6.55. The van der Waals surface area contributed by atoms with E-state index >= 15 is 0 Å². The van der Waals surface area contributed by atoms with Crippen molar-refractivity contribution in [2.24, 2.45) is 5.92 Å². The van der Waals surface area contributed by atoms with E-state index in [0.29, 0.717) is 5.69 Å². The predicted molar refractivity (Wildman–Crippen MR) is 76.1 cm³/mol. The van der Waals surface area contributed by atoms with Crippen LogP contribution in [0, 0.1) is 12.8 Å². The molecule has 0 saturated heterocycles. The van der Waals surface area contributed by atoms with E-state index in [1.54, 1.807) is 25.3 Å². The van der Waals surface area contributed by atoms with E-state index in [-0.39, 0.29) is 18.5 Å². The van der Waals surface area contributed by atoms with E-state index in [0.717, 1.165) is 12.1 Å². The second-order valence-corrected chi connectivity index (χ2v) is 5.16. The molecule has 2 unspecified atom stereocenters. The fraction of sp³-hybridized carbons (Fsp3) is 0.571. The number of aryl methyl sites for hydroxylation is 1. The summed E-state index contributed by atoms with van der Waals surface area (Å²) in [6, 6.07) is 3.18. The molecule has 0 aliphatic rings. The van der Waals surface area contributed by atoms with Crippen molar-refractivity contribution >= 4 is 11.7 Å². The Balaban J connectivity index is 2.48. The Kier molecular flexibility index (Phi) is 5.30. The number of hydrogen-bond donors (Lipinski definition) is 3. The van der Waals surface area contributed by atoms with Crippen LogP contribution in [0.15, 0.2) is 18.3 Å². The summed E-state index contributed by atoms with van der Waals surface area (Å²) in [6.45, 7) is 7.79. The third kappa shape index (κ3) is 4.87. The number of aliphatic hydroxyl groups is 1. The van der Waals surface area contributed by atoms with Crippen LogP contribution in [0.2, 0.25) is 0 Å². The van der Waals surface area contributed by atoms with Crippen molar-refractivity contribution in [3.8, 4) is 0 Å². The van der Waals surface area contributed by atoms with Gasteiger partial charge in [-0.05, 0) is 31.9 Å². The highest BCUT2D eigenvalue weighted by atomic mass is 16.3. The summed E-state index contributed by atoms with van der Waals surface area (Å²) in [6.07, 6.45) is 2.50. The molecule has 1 aromatic heterocycles. The minimum atomic E-state index is -0.903. The van der Waals surface area contributed by atoms with E-state index in [4.69, 9.17) is 0 Å². The van der Waals surface area contributed by atoms with Crippen LogP contribution < -0.4 is 10.6 Å². The number of carbonyl (C=O) groups excluding carboxylic acids is 1. The minimum Gasteiger partial charge on any atom is -0.388 e. The average molecular weight is 265 g/mol. The van der Waals surface area contributed by atoms with Gasteiger partial charge in [-0.2, -0.15) is 0 Å². The van der Waals surface area contributed by atoms with Gasteiger partial charge in [0.05, 0.1) is 5.60 Å². The molecular weight excluding hydrogens is 242 g/mol. The molecule has 0 radical (unpaired) electrons. The molecule has 1 aromatic rings. The number of urea groups is 1. The number of amides is 2. The number of carbonyl (C=O) groups is 1. The number of pyridine rings is 1. The molecule has 0 fully saturated rings. The summed E-state index contributed by atoms with van der Waals surface area (Å²) in [5, 5.41) is 15.6. The van der Waals surface area contributed by atoms with Crippen molar-refractivity contribution in [1.29, 1.82) is 0 Å². The highest BCUT2D eigenvalue weighted by Crippen LogP contribution is 2.18. The van der Waals surface area contributed by atoms with Gasteiger partial charge in [-0.3, -0.25) is 4.98 Å². The maximum Gasteiger partial charge on any atom is 0.319 e. The van der Waals surface area contributed by atoms with Crippen molar-refractivity contribution < 1.29 is 9.90 Å². The van der Waals surface area contributed by atoms with Crippen LogP contribution >= 0.6 is 0 Å². The van der Waals surface area contributed by atoms with Crippen LogP contribution in [0.25, 0.3) is 0 Å². The average Bonchev–Trinajstić information content (AvgIpc) is 2.35. The van der Waals surface area contributed by atoms with Gasteiger partial charge in [0, 0.05) is 24.1 Å². The van der Waals surface area contributed by atoms with Gasteiger partial charge in [0.1, 0.15) is 0 Å². The van der Waals surface area contributed by atoms with Gasteiger partial charge in [-0.1, -0.05) is 20.3 Å². The number of nitrogens with one attached hydrogen (secondary N) is 2. The van der Waals surface area contributed by atoms with Crippen molar-refractivity contribution in [3.63, 3.8) is 0 Å². The summed E-state index contributed by atoms with van der Waals surface area (Å²) in [5.74, 6) is 0.121. The zero-order chi connectivity index (χ0) is 14.5. The monoisotopic (exact) mass is 265 g/mol. The van der Waals surface area contributed by atoms with Crippen molar-refractivity contribution in [1.82, 2.24) is 10.3 Å². The number of anilines is 1. The van der Waals surface area contributed by atoms with E-state index in [9.17, 15) is 9.90 Å². The number of nitrogens with zero attached hydrogens (tertiary/aromatic N) is 1. The van der Waals surface area contributed by atoms with Gasteiger partial charge in [0.15, 0.2) is 0 Å². The van der Waals surface area contributed by atoms with Crippen LogP contribution in [0.3, 0.4) is 0 Å². The second-order valence-electron chi connectivity index (χ2n) is 5.16. The van der Waals surface area contributed by atoms with Crippen LogP contribution in [0.5, 0.6) is 0 Å². The molecule has 3 N–H and O–H groups in total. The fourth-order valence-electron chi connectivity index (χ4n) is 1.67. The van der Waals surface area contributed by atoms with Gasteiger partial charge >= 0.3 is 6.03 Å². The lowest BCUT2D eigenvalue weighted by atomic mass is 9.89. The Bertz CT molecular complexity index is 432. The second kappa shape index (κ2) is 6.52. The third-order valence-corrected chi connectivity index (χ3v) is 3.44. The SMILES string of the molecule is CCC(C)C(C)(O)CNC(=O)Nc1ccnc(C)c1. The maximum atomic E-state index is 11.7. The largest absolute Gasteiger partial charge is 0.388 e. The molecular formula is C14H23N3O2. The highest BCUT2D eigenvalue weighted by molar-refractivity contribution is 5.89. The van der Waals surface area contributed by atoms with E-state index in [1.165, 1.54) is 0 Å². The Morgan fingerprint density at radius 3 is 2.84 bits per heavy atom. The van der Waals surface area contributed by atoms with Gasteiger partial charge < -0.3 is 15.7 Å². The van der Waals surface area contributed by atoms with Gasteiger partial charge in [0.25, 0.3) is 0 Å². The fourth-order valence-corrected chi connectivity index (χ4v) is 1.67. The van der Waals surface area contributed by atoms with Crippen LogP contribution in [0.1, 0.15) is 32.9 Å². The molecule has 2 amide bonds. The van der Waals surface area contributed by atoms with Crippen molar-refractivity contribution in [2.45, 2.75) is 39.7 Å². The van der Waals surface area contributed by atoms with E-state index in [1.807, 2.05) is 20.8 Å². The molecule has 0 spiro atoms. The summed E-state index contributed by atoms with van der Waals surface area (Å²) in [5.41, 5.74) is 0.623. The third-order valence-electron chi connectivity index (χ3n) is 3.44. The van der Waals surface area contributed by atoms with E-state index < -0.39 is 5.60 Å².